The highest BCUT2D eigenvalue weighted by Crippen LogP contribution is 2.46. The first kappa shape index (κ1) is 9.26. The summed E-state index contributed by atoms with van der Waals surface area (Å²) in [6.07, 6.45) is 4.67. The largest absolute Gasteiger partial charge is 0.469 e. The Labute approximate surface area is 83.6 Å². The molecule has 2 aliphatic carbocycles. The van der Waals surface area contributed by atoms with E-state index in [1.807, 2.05) is 6.08 Å². The van der Waals surface area contributed by atoms with E-state index in [1.165, 1.54) is 7.11 Å². The number of fused-ring (bicyclic) bond motifs is 1. The average Bonchev–Trinajstić information content (AvgIpc) is 2.72. The van der Waals surface area contributed by atoms with Crippen molar-refractivity contribution in [1.82, 2.24) is 0 Å². The zero-order valence-electron chi connectivity index (χ0n) is 8.19. The number of ether oxygens (including phenoxy) is 1. The Morgan fingerprint density at radius 2 is 2.43 bits per heavy atom. The lowest BCUT2D eigenvalue weighted by molar-refractivity contribution is -0.145. The lowest BCUT2D eigenvalue weighted by atomic mass is 10.0. The van der Waals surface area contributed by atoms with Crippen LogP contribution < -0.4 is 0 Å². The average molecular weight is 191 g/mol. The summed E-state index contributed by atoms with van der Waals surface area (Å²) in [5, 5.41) is 0. The fourth-order valence-corrected chi connectivity index (χ4v) is 2.62. The normalized spacial score (nSPS) is 34.6. The van der Waals surface area contributed by atoms with E-state index in [0.717, 1.165) is 25.0 Å². The third kappa shape index (κ3) is 1.41. The molecule has 0 radical (unpaired) electrons. The molecular formula is C11H13NO2. The van der Waals surface area contributed by atoms with Gasteiger partial charge in [-0.1, -0.05) is 6.08 Å². The molecule has 0 aromatic carbocycles. The van der Waals surface area contributed by atoms with Gasteiger partial charge in [0, 0.05) is 0 Å². The van der Waals surface area contributed by atoms with Crippen LogP contribution in [0.4, 0.5) is 0 Å². The van der Waals surface area contributed by atoms with Crippen molar-refractivity contribution in [2.75, 3.05) is 7.11 Å². The lowest BCUT2D eigenvalue weighted by Crippen LogP contribution is -2.13. The molecule has 1 fully saturated rings. The van der Waals surface area contributed by atoms with Crippen LogP contribution in [-0.2, 0) is 9.53 Å². The Balaban J connectivity index is 2.02. The van der Waals surface area contributed by atoms with Gasteiger partial charge in [0.15, 0.2) is 5.70 Å². The Bertz CT molecular complexity index is 327. The van der Waals surface area contributed by atoms with Gasteiger partial charge in [-0.3, -0.25) is 4.79 Å². The number of methoxy groups -OCH3 is 1. The highest BCUT2D eigenvalue weighted by atomic mass is 16.5. The van der Waals surface area contributed by atoms with Gasteiger partial charge >= 0.3 is 5.97 Å². The van der Waals surface area contributed by atoms with E-state index in [0.29, 0.717) is 11.8 Å². The standard InChI is InChI=1S/C11H13NO2/c1-12-10-5-7-3-9(11(13)14-2)4-8(7)6-10/h5,7-9H,3-4,6H2,2H3. The van der Waals surface area contributed by atoms with Crippen LogP contribution in [0.5, 0.6) is 0 Å². The smallest absolute Gasteiger partial charge is 0.308 e. The molecule has 0 aromatic heterocycles. The zero-order valence-corrected chi connectivity index (χ0v) is 8.19. The third-order valence-electron chi connectivity index (χ3n) is 3.31. The van der Waals surface area contributed by atoms with Crippen molar-refractivity contribution in [3.8, 4) is 0 Å². The second-order valence-electron chi connectivity index (χ2n) is 4.09. The number of nitrogens with zero attached hydrogens (tertiary/aromatic N) is 1. The number of carbonyl (C=O) groups is 1. The summed E-state index contributed by atoms with van der Waals surface area (Å²) < 4.78 is 4.73. The Kier molecular flexibility index (Phi) is 2.28. The molecule has 74 valence electrons. The topological polar surface area (TPSA) is 30.7 Å². The van der Waals surface area contributed by atoms with Crippen LogP contribution >= 0.6 is 0 Å². The molecule has 3 atom stereocenters. The molecule has 0 N–H and O–H groups in total. The van der Waals surface area contributed by atoms with Crippen molar-refractivity contribution in [3.05, 3.63) is 23.2 Å². The number of allylic oxidation sites excluding steroid dienone is 2. The van der Waals surface area contributed by atoms with Gasteiger partial charge < -0.3 is 4.74 Å². The minimum atomic E-state index is -0.0860. The maximum atomic E-state index is 11.3. The SMILES string of the molecule is [C-]#[N+]C1=CC2CC(C(=O)OC)CC2C1. The zero-order chi connectivity index (χ0) is 10.1. The highest BCUT2D eigenvalue weighted by molar-refractivity contribution is 5.72. The number of hydrogen-bond acceptors (Lipinski definition) is 2. The monoisotopic (exact) mass is 191 g/mol. The molecule has 14 heavy (non-hydrogen) atoms. The number of esters is 1. The number of hydrogen-bond donors (Lipinski definition) is 0. The molecule has 0 saturated heterocycles. The quantitative estimate of drug-likeness (QED) is 0.469. The first-order chi connectivity index (χ1) is 6.74. The molecule has 2 rings (SSSR count). The number of rotatable bonds is 1. The van der Waals surface area contributed by atoms with E-state index in [4.69, 9.17) is 11.3 Å². The summed E-state index contributed by atoms with van der Waals surface area (Å²) in [7, 11) is 1.44. The fourth-order valence-electron chi connectivity index (χ4n) is 2.62. The van der Waals surface area contributed by atoms with Gasteiger partial charge in [-0.25, -0.2) is 4.85 Å². The van der Waals surface area contributed by atoms with Crippen LogP contribution in [0.2, 0.25) is 0 Å². The van der Waals surface area contributed by atoms with Gasteiger partial charge in [-0.2, -0.15) is 0 Å². The van der Waals surface area contributed by atoms with Gasteiger partial charge in [-0.05, 0) is 31.1 Å². The number of carbonyl (C=O) groups excluding carboxylic acids is 1. The molecule has 3 unspecified atom stereocenters. The van der Waals surface area contributed by atoms with Crippen molar-refractivity contribution in [1.29, 1.82) is 0 Å². The van der Waals surface area contributed by atoms with E-state index in [9.17, 15) is 4.79 Å². The first-order valence-electron chi connectivity index (χ1n) is 4.90. The van der Waals surface area contributed by atoms with Crippen molar-refractivity contribution >= 4 is 5.97 Å². The van der Waals surface area contributed by atoms with Crippen molar-refractivity contribution < 1.29 is 9.53 Å². The predicted molar refractivity (Wildman–Crippen MR) is 51.0 cm³/mol. The molecule has 0 aromatic rings. The van der Waals surface area contributed by atoms with Crippen molar-refractivity contribution in [3.63, 3.8) is 0 Å². The summed E-state index contributed by atoms with van der Waals surface area (Å²) in [4.78, 5) is 14.7. The Hall–Kier alpha value is -1.30. The van der Waals surface area contributed by atoms with Crippen LogP contribution in [0, 0.1) is 24.3 Å². The molecule has 0 aliphatic heterocycles. The minimum absolute atomic E-state index is 0.0681. The molecule has 3 heteroatoms. The van der Waals surface area contributed by atoms with Gasteiger partial charge in [0.25, 0.3) is 0 Å². The van der Waals surface area contributed by atoms with E-state index < -0.39 is 0 Å². The van der Waals surface area contributed by atoms with Gasteiger partial charge in [0.1, 0.15) is 0 Å². The summed E-state index contributed by atoms with van der Waals surface area (Å²) in [6.45, 7) is 6.92. The third-order valence-corrected chi connectivity index (χ3v) is 3.31. The highest BCUT2D eigenvalue weighted by Gasteiger charge is 2.40. The van der Waals surface area contributed by atoms with Crippen LogP contribution in [0.3, 0.4) is 0 Å². The van der Waals surface area contributed by atoms with E-state index in [2.05, 4.69) is 4.85 Å². The van der Waals surface area contributed by atoms with Gasteiger partial charge in [-0.15, -0.1) is 0 Å². The predicted octanol–water partition coefficient (Wildman–Crippen LogP) is 2.01. The van der Waals surface area contributed by atoms with E-state index >= 15 is 0 Å². The summed E-state index contributed by atoms with van der Waals surface area (Å²) in [6, 6.07) is 0. The van der Waals surface area contributed by atoms with Crippen LogP contribution in [0.15, 0.2) is 11.8 Å². The van der Waals surface area contributed by atoms with Gasteiger partial charge in [0.05, 0.1) is 19.6 Å². The molecular weight excluding hydrogens is 178 g/mol. The second kappa shape index (κ2) is 3.45. The minimum Gasteiger partial charge on any atom is -0.469 e. The Morgan fingerprint density at radius 1 is 1.64 bits per heavy atom. The molecule has 1 saturated carbocycles. The Morgan fingerprint density at radius 3 is 3.00 bits per heavy atom. The summed E-state index contributed by atoms with van der Waals surface area (Å²) >= 11 is 0. The molecule has 2 aliphatic rings. The molecule has 0 bridgehead atoms. The summed E-state index contributed by atoms with van der Waals surface area (Å²) in [5.74, 6) is 0.946. The maximum absolute atomic E-state index is 11.3. The van der Waals surface area contributed by atoms with E-state index in [-0.39, 0.29) is 11.9 Å². The van der Waals surface area contributed by atoms with Crippen molar-refractivity contribution in [2.45, 2.75) is 19.3 Å². The first-order valence-corrected chi connectivity index (χ1v) is 4.90. The molecule has 0 spiro atoms. The van der Waals surface area contributed by atoms with Crippen LogP contribution in [0.1, 0.15) is 19.3 Å². The summed E-state index contributed by atoms with van der Waals surface area (Å²) in [5.41, 5.74) is 0.878. The second-order valence-corrected chi connectivity index (χ2v) is 4.09. The van der Waals surface area contributed by atoms with Crippen molar-refractivity contribution in [2.24, 2.45) is 17.8 Å². The molecule has 0 heterocycles. The molecule has 0 amide bonds. The van der Waals surface area contributed by atoms with Gasteiger partial charge in [0.2, 0.25) is 0 Å². The van der Waals surface area contributed by atoms with Crippen LogP contribution in [0.25, 0.3) is 4.85 Å². The maximum Gasteiger partial charge on any atom is 0.308 e. The molecule has 3 nitrogen and oxygen atoms in total. The lowest BCUT2D eigenvalue weighted by Gasteiger charge is -2.07. The van der Waals surface area contributed by atoms with Crippen LogP contribution in [-0.4, -0.2) is 13.1 Å². The fraction of sp³-hybridized carbons (Fsp3) is 0.636. The van der Waals surface area contributed by atoms with E-state index in [1.54, 1.807) is 0 Å².